The molecule has 0 aliphatic heterocycles. The second kappa shape index (κ2) is 8.54. The summed E-state index contributed by atoms with van der Waals surface area (Å²) >= 11 is 1.72. The van der Waals surface area contributed by atoms with Gasteiger partial charge in [0.1, 0.15) is 16.4 Å². The standard InChI is InChI=1S/C20H30N4OS/c1-13-8-9-16(17(10-13)25-20(4,5)6)11-22-19(21-7)23-12-18-24-14(2)15(3)26-18/h8-10H,11-12H2,1-7H3,(H2,21,22,23). The number of thiazole rings is 1. The van der Waals surface area contributed by atoms with E-state index in [1.807, 2.05) is 6.92 Å². The average Bonchev–Trinajstić information content (AvgIpc) is 2.86. The third kappa shape index (κ3) is 6.02. The van der Waals surface area contributed by atoms with Gasteiger partial charge in [0.2, 0.25) is 0 Å². The van der Waals surface area contributed by atoms with Gasteiger partial charge in [0.05, 0.1) is 12.2 Å². The summed E-state index contributed by atoms with van der Waals surface area (Å²) in [6.45, 7) is 13.7. The van der Waals surface area contributed by atoms with Crippen LogP contribution in [0.3, 0.4) is 0 Å². The molecule has 0 saturated carbocycles. The largest absolute Gasteiger partial charge is 0.488 e. The maximum absolute atomic E-state index is 6.12. The number of ether oxygens (including phenoxy) is 1. The van der Waals surface area contributed by atoms with Crippen LogP contribution in [0.1, 0.15) is 47.5 Å². The maximum atomic E-state index is 6.12. The molecule has 1 aromatic heterocycles. The van der Waals surface area contributed by atoms with E-state index in [0.29, 0.717) is 13.1 Å². The Morgan fingerprint density at radius 2 is 1.85 bits per heavy atom. The molecule has 0 spiro atoms. The second-order valence-corrected chi connectivity index (χ2v) is 8.64. The number of aliphatic imine (C=N–C) groups is 1. The number of nitrogens with zero attached hydrogens (tertiary/aromatic N) is 2. The summed E-state index contributed by atoms with van der Waals surface area (Å²) in [5.74, 6) is 1.66. The summed E-state index contributed by atoms with van der Waals surface area (Å²) in [4.78, 5) is 10.1. The third-order valence-electron chi connectivity index (χ3n) is 3.79. The first-order valence-corrected chi connectivity index (χ1v) is 9.65. The summed E-state index contributed by atoms with van der Waals surface area (Å²) < 4.78 is 6.12. The maximum Gasteiger partial charge on any atom is 0.191 e. The molecule has 0 aliphatic rings. The summed E-state index contributed by atoms with van der Waals surface area (Å²) in [7, 11) is 1.77. The minimum atomic E-state index is -0.233. The predicted octanol–water partition coefficient (Wildman–Crippen LogP) is 4.11. The summed E-state index contributed by atoms with van der Waals surface area (Å²) in [6, 6.07) is 6.29. The highest BCUT2D eigenvalue weighted by molar-refractivity contribution is 7.11. The lowest BCUT2D eigenvalue weighted by molar-refractivity contribution is 0.129. The minimum Gasteiger partial charge on any atom is -0.488 e. The average molecular weight is 375 g/mol. The van der Waals surface area contributed by atoms with E-state index in [1.165, 1.54) is 10.4 Å². The summed E-state index contributed by atoms with van der Waals surface area (Å²) in [5, 5.41) is 7.75. The highest BCUT2D eigenvalue weighted by Gasteiger charge is 2.15. The smallest absolute Gasteiger partial charge is 0.191 e. The van der Waals surface area contributed by atoms with Gasteiger partial charge < -0.3 is 15.4 Å². The Labute approximate surface area is 160 Å². The van der Waals surface area contributed by atoms with Crippen molar-refractivity contribution in [1.29, 1.82) is 0 Å². The van der Waals surface area contributed by atoms with Crippen molar-refractivity contribution in [2.24, 2.45) is 4.99 Å². The molecule has 0 atom stereocenters. The zero-order chi connectivity index (χ0) is 19.3. The highest BCUT2D eigenvalue weighted by Crippen LogP contribution is 2.24. The molecular weight excluding hydrogens is 344 g/mol. The molecule has 1 aromatic carbocycles. The fourth-order valence-corrected chi connectivity index (χ4v) is 3.28. The molecule has 2 N–H and O–H groups in total. The van der Waals surface area contributed by atoms with Crippen LogP contribution in [-0.2, 0) is 13.1 Å². The van der Waals surface area contributed by atoms with Crippen molar-refractivity contribution >= 4 is 17.3 Å². The van der Waals surface area contributed by atoms with Gasteiger partial charge in [-0.3, -0.25) is 4.99 Å². The van der Waals surface area contributed by atoms with Gasteiger partial charge in [-0.15, -0.1) is 11.3 Å². The zero-order valence-electron chi connectivity index (χ0n) is 16.9. The van der Waals surface area contributed by atoms with Crippen LogP contribution in [0.4, 0.5) is 0 Å². The van der Waals surface area contributed by atoms with Gasteiger partial charge >= 0.3 is 0 Å². The molecule has 26 heavy (non-hydrogen) atoms. The molecule has 0 fully saturated rings. The van der Waals surface area contributed by atoms with E-state index < -0.39 is 0 Å². The zero-order valence-corrected chi connectivity index (χ0v) is 17.7. The van der Waals surface area contributed by atoms with Crippen molar-refractivity contribution in [2.45, 2.75) is 60.2 Å². The first-order chi connectivity index (χ1) is 12.2. The Bertz CT molecular complexity index is 755. The van der Waals surface area contributed by atoms with Gasteiger partial charge in [-0.2, -0.15) is 0 Å². The van der Waals surface area contributed by atoms with Gasteiger partial charge in [0.25, 0.3) is 0 Å². The van der Waals surface area contributed by atoms with Crippen LogP contribution in [-0.4, -0.2) is 23.6 Å². The lowest BCUT2D eigenvalue weighted by atomic mass is 10.1. The topological polar surface area (TPSA) is 58.5 Å². The Kier molecular flexibility index (Phi) is 6.64. The van der Waals surface area contributed by atoms with E-state index in [4.69, 9.17) is 4.74 Å². The fraction of sp³-hybridized carbons (Fsp3) is 0.500. The fourth-order valence-electron chi connectivity index (χ4n) is 2.41. The first kappa shape index (κ1) is 20.2. The van der Waals surface area contributed by atoms with Gasteiger partial charge in [0, 0.05) is 24.0 Å². The van der Waals surface area contributed by atoms with Gasteiger partial charge in [-0.1, -0.05) is 12.1 Å². The quantitative estimate of drug-likeness (QED) is 0.611. The molecule has 2 rings (SSSR count). The monoisotopic (exact) mass is 374 g/mol. The van der Waals surface area contributed by atoms with Gasteiger partial charge in [-0.25, -0.2) is 4.98 Å². The number of nitrogens with one attached hydrogen (secondary N) is 2. The SMILES string of the molecule is CN=C(NCc1nc(C)c(C)s1)NCc1ccc(C)cc1OC(C)(C)C. The van der Waals surface area contributed by atoms with Crippen LogP contribution in [0.5, 0.6) is 5.75 Å². The van der Waals surface area contributed by atoms with Gasteiger partial charge in [-0.05, 0) is 53.2 Å². The summed E-state index contributed by atoms with van der Waals surface area (Å²) in [5.41, 5.74) is 3.15. The number of aromatic nitrogens is 1. The summed E-state index contributed by atoms with van der Waals surface area (Å²) in [6.07, 6.45) is 0. The molecule has 5 nitrogen and oxygen atoms in total. The van der Waals surface area contributed by atoms with Crippen LogP contribution in [0.2, 0.25) is 0 Å². The van der Waals surface area contributed by atoms with Crippen LogP contribution in [0, 0.1) is 20.8 Å². The molecular formula is C20H30N4OS. The van der Waals surface area contributed by atoms with Crippen molar-refractivity contribution in [1.82, 2.24) is 15.6 Å². The molecule has 0 bridgehead atoms. The van der Waals surface area contributed by atoms with E-state index in [-0.39, 0.29) is 5.60 Å². The number of hydrogen-bond acceptors (Lipinski definition) is 4. The third-order valence-corrected chi connectivity index (χ3v) is 4.86. The molecule has 0 amide bonds. The molecule has 142 valence electrons. The first-order valence-electron chi connectivity index (χ1n) is 8.84. The predicted molar refractivity (Wildman–Crippen MR) is 110 cm³/mol. The van der Waals surface area contributed by atoms with Crippen LogP contribution in [0.25, 0.3) is 0 Å². The van der Waals surface area contributed by atoms with Crippen molar-refractivity contribution in [2.75, 3.05) is 7.05 Å². The Hall–Kier alpha value is -2.08. The molecule has 0 aliphatic carbocycles. The van der Waals surface area contributed by atoms with Gasteiger partial charge in [0.15, 0.2) is 5.96 Å². The molecule has 0 unspecified atom stereocenters. The Balaban J connectivity index is 1.99. The van der Waals surface area contributed by atoms with Crippen LogP contribution < -0.4 is 15.4 Å². The Morgan fingerprint density at radius 3 is 2.42 bits per heavy atom. The number of rotatable bonds is 5. The highest BCUT2D eigenvalue weighted by atomic mass is 32.1. The molecule has 0 saturated heterocycles. The number of guanidine groups is 1. The Morgan fingerprint density at radius 1 is 1.15 bits per heavy atom. The van der Waals surface area contributed by atoms with Crippen molar-refractivity contribution in [3.63, 3.8) is 0 Å². The van der Waals surface area contributed by atoms with E-state index in [2.05, 4.69) is 73.4 Å². The van der Waals surface area contributed by atoms with Crippen molar-refractivity contribution < 1.29 is 4.74 Å². The number of hydrogen-bond donors (Lipinski definition) is 2. The lowest BCUT2D eigenvalue weighted by Crippen LogP contribution is -2.36. The molecule has 2 aromatic rings. The molecule has 1 heterocycles. The van der Waals surface area contributed by atoms with E-state index >= 15 is 0 Å². The van der Waals surface area contributed by atoms with Crippen LogP contribution in [0.15, 0.2) is 23.2 Å². The van der Waals surface area contributed by atoms with Crippen molar-refractivity contribution in [3.05, 3.63) is 44.9 Å². The number of aryl methyl sites for hydroxylation is 3. The number of benzene rings is 1. The normalized spacial score (nSPS) is 12.2. The second-order valence-electron chi connectivity index (χ2n) is 7.35. The van der Waals surface area contributed by atoms with E-state index in [9.17, 15) is 0 Å². The van der Waals surface area contributed by atoms with Crippen LogP contribution >= 0.6 is 11.3 Å². The van der Waals surface area contributed by atoms with E-state index in [1.54, 1.807) is 18.4 Å². The minimum absolute atomic E-state index is 0.233. The lowest BCUT2D eigenvalue weighted by Gasteiger charge is -2.24. The molecule has 6 heteroatoms. The molecule has 0 radical (unpaired) electrons. The van der Waals surface area contributed by atoms with E-state index in [0.717, 1.165) is 28.0 Å². The van der Waals surface area contributed by atoms with Crippen molar-refractivity contribution in [3.8, 4) is 5.75 Å².